The summed E-state index contributed by atoms with van der Waals surface area (Å²) in [6.45, 7) is 3.41. The molecule has 0 saturated heterocycles. The summed E-state index contributed by atoms with van der Waals surface area (Å²) < 4.78 is 12.5. The number of anilines is 1. The van der Waals surface area contributed by atoms with E-state index in [1.807, 2.05) is 30.3 Å². The normalized spacial score (nSPS) is 13.9. The number of nitrogens with one attached hydrogen (secondary N) is 2. The summed E-state index contributed by atoms with van der Waals surface area (Å²) in [4.78, 5) is 12.8. The first kappa shape index (κ1) is 25.5. The molecule has 0 atom stereocenters. The number of unbranched alkanes of at least 4 members (excludes halogenated alkanes) is 1. The summed E-state index contributed by atoms with van der Waals surface area (Å²) in [7, 11) is 0. The van der Waals surface area contributed by atoms with Gasteiger partial charge in [0.05, 0.1) is 18.8 Å². The molecule has 33 heavy (non-hydrogen) atoms. The summed E-state index contributed by atoms with van der Waals surface area (Å²) in [5.74, 6) is 1.88. The Morgan fingerprint density at radius 2 is 1.82 bits per heavy atom. The van der Waals surface area contributed by atoms with E-state index in [0.717, 1.165) is 47.7 Å². The number of benzene rings is 2. The Bertz CT molecular complexity index is 914. The maximum absolute atomic E-state index is 12.8. The largest absolute Gasteiger partial charge is 0.494 e. The van der Waals surface area contributed by atoms with Gasteiger partial charge in [-0.05, 0) is 73.4 Å². The minimum Gasteiger partial charge on any atom is -0.494 e. The Balaban J connectivity index is 1.48. The van der Waals surface area contributed by atoms with Gasteiger partial charge in [-0.15, -0.1) is 0 Å². The molecule has 0 aliphatic heterocycles. The molecule has 1 aliphatic carbocycles. The number of rotatable bonds is 10. The van der Waals surface area contributed by atoms with Crippen molar-refractivity contribution in [2.75, 3.05) is 18.5 Å². The summed E-state index contributed by atoms with van der Waals surface area (Å²) >= 11 is 8.76. The van der Waals surface area contributed by atoms with Crippen molar-refractivity contribution in [1.82, 2.24) is 5.32 Å². The summed E-state index contributed by atoms with van der Waals surface area (Å²) in [5, 5.41) is 6.02. The fourth-order valence-corrected chi connectivity index (χ4v) is 4.49. The number of hydrogen-bond donors (Lipinski definition) is 2. The molecule has 178 valence electrons. The molecule has 1 amide bonds. The van der Waals surface area contributed by atoms with Gasteiger partial charge < -0.3 is 14.8 Å². The van der Waals surface area contributed by atoms with Crippen LogP contribution in [-0.2, 0) is 0 Å². The lowest BCUT2D eigenvalue weighted by molar-refractivity contribution is 0.0973. The molecule has 2 aromatic rings. The fourth-order valence-electron chi connectivity index (χ4n) is 3.92. The van der Waals surface area contributed by atoms with Gasteiger partial charge in [-0.1, -0.05) is 61.4 Å². The van der Waals surface area contributed by atoms with Crippen LogP contribution in [0.15, 0.2) is 46.9 Å². The van der Waals surface area contributed by atoms with Gasteiger partial charge in [0.2, 0.25) is 0 Å². The van der Waals surface area contributed by atoms with Crippen molar-refractivity contribution < 1.29 is 14.3 Å². The molecule has 0 spiro atoms. The van der Waals surface area contributed by atoms with Crippen molar-refractivity contribution in [1.29, 1.82) is 0 Å². The van der Waals surface area contributed by atoms with Crippen LogP contribution in [0, 0.1) is 5.92 Å². The lowest BCUT2D eigenvalue weighted by Crippen LogP contribution is -2.34. The molecule has 0 radical (unpaired) electrons. The number of carbonyl (C=O) groups excluding carboxylic acids is 1. The van der Waals surface area contributed by atoms with Gasteiger partial charge in [0, 0.05) is 10.2 Å². The van der Waals surface area contributed by atoms with Crippen LogP contribution in [0.3, 0.4) is 0 Å². The van der Waals surface area contributed by atoms with Crippen molar-refractivity contribution in [3.05, 3.63) is 52.5 Å². The third kappa shape index (κ3) is 8.63. The van der Waals surface area contributed by atoms with Gasteiger partial charge in [0.25, 0.3) is 5.91 Å². The van der Waals surface area contributed by atoms with E-state index in [1.54, 1.807) is 12.1 Å². The van der Waals surface area contributed by atoms with E-state index >= 15 is 0 Å². The van der Waals surface area contributed by atoms with E-state index in [4.69, 9.17) is 21.7 Å². The van der Waals surface area contributed by atoms with Crippen LogP contribution in [0.4, 0.5) is 5.69 Å². The second kappa shape index (κ2) is 13.6. The molecule has 1 aliphatic rings. The first-order chi connectivity index (χ1) is 16.0. The van der Waals surface area contributed by atoms with Crippen molar-refractivity contribution in [2.24, 2.45) is 5.92 Å². The van der Waals surface area contributed by atoms with Crippen LogP contribution >= 0.6 is 28.1 Å². The fraction of sp³-hybridized carbons (Fsp3) is 0.462. The van der Waals surface area contributed by atoms with Crippen molar-refractivity contribution in [2.45, 2.75) is 58.3 Å². The summed E-state index contributed by atoms with van der Waals surface area (Å²) in [6, 6.07) is 13.0. The van der Waals surface area contributed by atoms with Crippen LogP contribution in [0.5, 0.6) is 11.5 Å². The Hall–Kier alpha value is -2.12. The van der Waals surface area contributed by atoms with E-state index in [2.05, 4.69) is 33.5 Å². The number of halogens is 1. The Morgan fingerprint density at radius 1 is 1.06 bits per heavy atom. The van der Waals surface area contributed by atoms with Crippen molar-refractivity contribution >= 4 is 44.9 Å². The Kier molecular flexibility index (Phi) is 10.5. The molecule has 5 nitrogen and oxygen atoms in total. The number of amides is 1. The van der Waals surface area contributed by atoms with E-state index in [0.29, 0.717) is 17.9 Å². The predicted molar refractivity (Wildman–Crippen MR) is 141 cm³/mol. The number of ether oxygens (including phenoxy) is 2. The number of carbonyl (C=O) groups is 1. The predicted octanol–water partition coefficient (Wildman–Crippen LogP) is 7.10. The maximum Gasteiger partial charge on any atom is 0.261 e. The minimum absolute atomic E-state index is 0.227. The highest BCUT2D eigenvalue weighted by Crippen LogP contribution is 2.27. The Labute approximate surface area is 210 Å². The zero-order valence-corrected chi connectivity index (χ0v) is 21.6. The molecule has 2 aromatic carbocycles. The van der Waals surface area contributed by atoms with E-state index in [9.17, 15) is 4.79 Å². The highest BCUT2D eigenvalue weighted by Gasteiger charge is 2.15. The average molecular weight is 534 g/mol. The first-order valence-corrected chi connectivity index (χ1v) is 13.0. The molecular weight excluding hydrogens is 500 g/mol. The molecule has 1 saturated carbocycles. The lowest BCUT2D eigenvalue weighted by atomic mass is 9.87. The second-order valence-electron chi connectivity index (χ2n) is 8.42. The Morgan fingerprint density at radius 3 is 2.55 bits per heavy atom. The van der Waals surface area contributed by atoms with Gasteiger partial charge in [-0.3, -0.25) is 10.1 Å². The molecule has 1 fully saturated rings. The zero-order chi connectivity index (χ0) is 23.5. The molecule has 0 unspecified atom stereocenters. The second-order valence-corrected chi connectivity index (χ2v) is 9.74. The van der Waals surface area contributed by atoms with Crippen molar-refractivity contribution in [3.63, 3.8) is 0 Å². The number of hydrogen-bond acceptors (Lipinski definition) is 4. The highest BCUT2D eigenvalue weighted by atomic mass is 79.9. The highest BCUT2D eigenvalue weighted by molar-refractivity contribution is 9.10. The van der Waals surface area contributed by atoms with E-state index in [1.165, 1.54) is 32.1 Å². The molecule has 2 N–H and O–H groups in total. The van der Waals surface area contributed by atoms with Crippen LogP contribution in [0.2, 0.25) is 0 Å². The van der Waals surface area contributed by atoms with Gasteiger partial charge >= 0.3 is 0 Å². The van der Waals surface area contributed by atoms with E-state index < -0.39 is 0 Å². The maximum atomic E-state index is 12.8. The molecule has 7 heteroatoms. The smallest absolute Gasteiger partial charge is 0.261 e. The third-order valence-corrected chi connectivity index (χ3v) is 6.50. The summed E-state index contributed by atoms with van der Waals surface area (Å²) in [6.07, 6.45) is 9.84. The molecule has 3 rings (SSSR count). The number of thiocarbonyl (C=S) groups is 1. The van der Waals surface area contributed by atoms with E-state index in [-0.39, 0.29) is 11.0 Å². The monoisotopic (exact) mass is 532 g/mol. The summed E-state index contributed by atoms with van der Waals surface area (Å²) in [5.41, 5.74) is 1.22. The van der Waals surface area contributed by atoms with Crippen LogP contribution in [-0.4, -0.2) is 24.2 Å². The quantitative estimate of drug-likeness (QED) is 0.252. The van der Waals surface area contributed by atoms with Crippen LogP contribution < -0.4 is 20.1 Å². The molecule has 0 bridgehead atoms. The van der Waals surface area contributed by atoms with Crippen LogP contribution in [0.1, 0.15) is 68.6 Å². The topological polar surface area (TPSA) is 59.6 Å². The molecular formula is C26H33BrN2O3S. The van der Waals surface area contributed by atoms with Crippen LogP contribution in [0.25, 0.3) is 0 Å². The standard InChI is InChI=1S/C26H33BrN2O3S/c1-2-3-16-32-24-14-9-20(27)18-23(24)25(30)29-26(33)28-21-10-12-22(13-11-21)31-17-15-19-7-5-4-6-8-19/h9-14,18-19H,2-8,15-17H2,1H3,(H2,28,29,30,33). The minimum atomic E-state index is -0.317. The lowest BCUT2D eigenvalue weighted by Gasteiger charge is -2.21. The average Bonchev–Trinajstić information content (AvgIpc) is 2.82. The van der Waals surface area contributed by atoms with Gasteiger partial charge in [-0.25, -0.2) is 0 Å². The van der Waals surface area contributed by atoms with Gasteiger partial charge in [0.1, 0.15) is 11.5 Å². The zero-order valence-electron chi connectivity index (χ0n) is 19.2. The SMILES string of the molecule is CCCCOc1ccc(Br)cc1C(=O)NC(=S)Nc1ccc(OCCC2CCCCC2)cc1. The molecule has 0 heterocycles. The van der Waals surface area contributed by atoms with Gasteiger partial charge in [0.15, 0.2) is 5.11 Å². The van der Waals surface area contributed by atoms with Gasteiger partial charge in [-0.2, -0.15) is 0 Å². The van der Waals surface area contributed by atoms with Crippen molar-refractivity contribution in [3.8, 4) is 11.5 Å². The first-order valence-electron chi connectivity index (χ1n) is 11.8. The molecule has 0 aromatic heterocycles. The third-order valence-electron chi connectivity index (χ3n) is 5.80.